The summed E-state index contributed by atoms with van der Waals surface area (Å²) in [5.41, 5.74) is 3.32. The third-order valence-electron chi connectivity index (χ3n) is 4.37. The Hall–Kier alpha value is -3.56. The molecule has 31 heavy (non-hydrogen) atoms. The summed E-state index contributed by atoms with van der Waals surface area (Å²) in [6.07, 6.45) is 7.18. The molecule has 154 valence electrons. The standard InChI is InChI=1S/C22H17N5O2S2/c1-30-20-10-4-16(5-11-20)13-24-26-21(17-6-8-19(9-7-17)27(28)29)15-31-22(26)25-18-3-2-12-23-14-18/h2-15H,1H3. The van der Waals surface area contributed by atoms with Crippen LogP contribution in [0, 0.1) is 10.1 Å². The number of rotatable bonds is 6. The molecular weight excluding hydrogens is 430 g/mol. The monoisotopic (exact) mass is 447 g/mol. The normalized spacial score (nSPS) is 11.8. The van der Waals surface area contributed by atoms with Crippen LogP contribution in [0.1, 0.15) is 5.56 Å². The van der Waals surface area contributed by atoms with Gasteiger partial charge in [0.1, 0.15) is 0 Å². The molecule has 4 aromatic rings. The highest BCUT2D eigenvalue weighted by atomic mass is 32.2. The number of pyridine rings is 1. The second-order valence-electron chi connectivity index (χ2n) is 6.36. The van der Waals surface area contributed by atoms with Gasteiger partial charge in [-0.15, -0.1) is 23.1 Å². The maximum absolute atomic E-state index is 11.0. The molecular formula is C22H17N5O2S2. The number of nitro groups is 1. The van der Waals surface area contributed by atoms with Crippen LogP contribution >= 0.6 is 23.1 Å². The number of benzene rings is 2. The molecule has 0 saturated heterocycles. The molecule has 0 atom stereocenters. The van der Waals surface area contributed by atoms with Crippen molar-refractivity contribution in [3.05, 3.63) is 98.9 Å². The lowest BCUT2D eigenvalue weighted by Gasteiger charge is -2.04. The zero-order valence-electron chi connectivity index (χ0n) is 16.5. The van der Waals surface area contributed by atoms with Gasteiger partial charge in [-0.3, -0.25) is 15.1 Å². The fourth-order valence-electron chi connectivity index (χ4n) is 2.79. The summed E-state index contributed by atoms with van der Waals surface area (Å²) in [5, 5.41) is 17.6. The highest BCUT2D eigenvalue weighted by Gasteiger charge is 2.10. The number of hydrogen-bond donors (Lipinski definition) is 0. The Bertz CT molecular complexity index is 1280. The SMILES string of the molecule is CSc1ccc(C=Nn2c(-c3ccc([N+](=O)[O-])cc3)csc2=Nc2cccnc2)cc1. The molecule has 0 bridgehead atoms. The van der Waals surface area contributed by atoms with Crippen LogP contribution in [0.15, 0.2) is 93.4 Å². The van der Waals surface area contributed by atoms with Crippen molar-refractivity contribution < 1.29 is 4.92 Å². The van der Waals surface area contributed by atoms with Crippen LogP contribution in [0.25, 0.3) is 11.3 Å². The van der Waals surface area contributed by atoms with E-state index in [4.69, 9.17) is 0 Å². The lowest BCUT2D eigenvalue weighted by atomic mass is 10.1. The van der Waals surface area contributed by atoms with Gasteiger partial charge in [0.15, 0.2) is 0 Å². The van der Waals surface area contributed by atoms with Gasteiger partial charge < -0.3 is 0 Å². The maximum Gasteiger partial charge on any atom is 0.269 e. The average Bonchev–Trinajstić information content (AvgIpc) is 3.21. The number of thioether (sulfide) groups is 1. The Labute approximate surface area is 186 Å². The number of non-ortho nitro benzene ring substituents is 1. The van der Waals surface area contributed by atoms with E-state index in [1.165, 1.54) is 28.4 Å². The van der Waals surface area contributed by atoms with Gasteiger partial charge in [0, 0.05) is 34.2 Å². The van der Waals surface area contributed by atoms with Gasteiger partial charge in [-0.1, -0.05) is 12.1 Å². The van der Waals surface area contributed by atoms with E-state index in [9.17, 15) is 10.1 Å². The van der Waals surface area contributed by atoms with E-state index in [0.717, 1.165) is 16.8 Å². The topological polar surface area (TPSA) is 85.7 Å². The number of hydrogen-bond acceptors (Lipinski definition) is 7. The van der Waals surface area contributed by atoms with E-state index in [1.807, 2.05) is 48.0 Å². The fraction of sp³-hybridized carbons (Fsp3) is 0.0455. The van der Waals surface area contributed by atoms with Gasteiger partial charge in [0.2, 0.25) is 4.80 Å². The molecule has 0 spiro atoms. The number of thiazole rings is 1. The van der Waals surface area contributed by atoms with E-state index in [0.29, 0.717) is 10.5 Å². The lowest BCUT2D eigenvalue weighted by Crippen LogP contribution is -2.11. The molecule has 4 rings (SSSR count). The van der Waals surface area contributed by atoms with E-state index in [-0.39, 0.29) is 5.69 Å². The van der Waals surface area contributed by atoms with E-state index in [2.05, 4.69) is 15.1 Å². The van der Waals surface area contributed by atoms with Gasteiger partial charge in [-0.05, 0) is 48.2 Å². The van der Waals surface area contributed by atoms with Crippen LogP contribution in [0.2, 0.25) is 0 Å². The van der Waals surface area contributed by atoms with Crippen molar-refractivity contribution in [2.75, 3.05) is 6.26 Å². The Morgan fingerprint density at radius 1 is 1.13 bits per heavy atom. The zero-order valence-corrected chi connectivity index (χ0v) is 18.1. The van der Waals surface area contributed by atoms with Crippen molar-refractivity contribution in [3.63, 3.8) is 0 Å². The Morgan fingerprint density at radius 2 is 1.90 bits per heavy atom. The van der Waals surface area contributed by atoms with Crippen LogP contribution < -0.4 is 4.80 Å². The minimum atomic E-state index is -0.412. The molecule has 0 saturated carbocycles. The van der Waals surface area contributed by atoms with Crippen molar-refractivity contribution >= 4 is 40.7 Å². The maximum atomic E-state index is 11.0. The van der Waals surface area contributed by atoms with Gasteiger partial charge >= 0.3 is 0 Å². The van der Waals surface area contributed by atoms with Crippen molar-refractivity contribution in [3.8, 4) is 11.3 Å². The Balaban J connectivity index is 1.78. The third-order valence-corrected chi connectivity index (χ3v) is 5.93. The summed E-state index contributed by atoms with van der Waals surface area (Å²) in [6.45, 7) is 0. The Morgan fingerprint density at radius 3 is 2.55 bits per heavy atom. The zero-order chi connectivity index (χ0) is 21.6. The predicted molar refractivity (Wildman–Crippen MR) is 125 cm³/mol. The summed E-state index contributed by atoms with van der Waals surface area (Å²) in [7, 11) is 0. The molecule has 0 aliphatic rings. The summed E-state index contributed by atoms with van der Waals surface area (Å²) in [6, 6.07) is 18.2. The highest BCUT2D eigenvalue weighted by Crippen LogP contribution is 2.23. The molecule has 0 radical (unpaired) electrons. The quantitative estimate of drug-likeness (QED) is 0.172. The number of nitro benzene ring substituents is 1. The van der Waals surface area contributed by atoms with Crippen LogP contribution in [0.5, 0.6) is 0 Å². The van der Waals surface area contributed by atoms with Crippen LogP contribution in [-0.4, -0.2) is 27.1 Å². The summed E-state index contributed by atoms with van der Waals surface area (Å²) >= 11 is 3.12. The van der Waals surface area contributed by atoms with Crippen LogP contribution in [0.3, 0.4) is 0 Å². The third kappa shape index (κ3) is 4.96. The van der Waals surface area contributed by atoms with Gasteiger partial charge in [-0.2, -0.15) is 5.10 Å². The van der Waals surface area contributed by atoms with Crippen molar-refractivity contribution in [2.24, 2.45) is 10.1 Å². The summed E-state index contributed by atoms with van der Waals surface area (Å²) in [5.74, 6) is 0. The Kier molecular flexibility index (Phi) is 6.34. The van der Waals surface area contributed by atoms with Gasteiger partial charge in [0.05, 0.1) is 28.7 Å². The number of aromatic nitrogens is 2. The minimum Gasteiger partial charge on any atom is -0.262 e. The molecule has 2 aromatic carbocycles. The largest absolute Gasteiger partial charge is 0.269 e. The van der Waals surface area contributed by atoms with E-state index >= 15 is 0 Å². The molecule has 2 aromatic heterocycles. The fourth-order valence-corrected chi connectivity index (χ4v) is 4.05. The average molecular weight is 448 g/mol. The van der Waals surface area contributed by atoms with Crippen LogP contribution in [-0.2, 0) is 0 Å². The highest BCUT2D eigenvalue weighted by molar-refractivity contribution is 7.98. The number of nitrogens with zero attached hydrogens (tertiary/aromatic N) is 5. The molecule has 0 unspecified atom stereocenters. The van der Waals surface area contributed by atoms with E-state index in [1.54, 1.807) is 47.2 Å². The van der Waals surface area contributed by atoms with Crippen molar-refractivity contribution in [2.45, 2.75) is 4.90 Å². The molecule has 0 aliphatic heterocycles. The lowest BCUT2D eigenvalue weighted by molar-refractivity contribution is -0.384. The molecule has 7 nitrogen and oxygen atoms in total. The molecule has 0 aliphatic carbocycles. The molecule has 9 heteroatoms. The van der Waals surface area contributed by atoms with Crippen molar-refractivity contribution in [1.82, 2.24) is 9.66 Å². The minimum absolute atomic E-state index is 0.0446. The van der Waals surface area contributed by atoms with Crippen LogP contribution in [0.4, 0.5) is 11.4 Å². The summed E-state index contributed by atoms with van der Waals surface area (Å²) < 4.78 is 1.74. The first kappa shape index (κ1) is 20.7. The molecule has 0 amide bonds. The second kappa shape index (κ2) is 9.50. The van der Waals surface area contributed by atoms with Gasteiger partial charge in [0.25, 0.3) is 5.69 Å². The summed E-state index contributed by atoms with van der Waals surface area (Å²) in [4.78, 5) is 21.2. The smallest absolute Gasteiger partial charge is 0.262 e. The second-order valence-corrected chi connectivity index (χ2v) is 8.08. The van der Waals surface area contributed by atoms with E-state index < -0.39 is 4.92 Å². The first-order valence-corrected chi connectivity index (χ1v) is 11.3. The van der Waals surface area contributed by atoms with Crippen molar-refractivity contribution in [1.29, 1.82) is 0 Å². The first-order valence-electron chi connectivity index (χ1n) is 9.22. The van der Waals surface area contributed by atoms with Gasteiger partial charge in [-0.25, -0.2) is 9.67 Å². The molecule has 0 fully saturated rings. The predicted octanol–water partition coefficient (Wildman–Crippen LogP) is 5.36. The molecule has 0 N–H and O–H groups in total. The first-order chi connectivity index (χ1) is 15.1. The molecule has 2 heterocycles.